The molecule has 1 aliphatic carbocycles. The van der Waals surface area contributed by atoms with Gasteiger partial charge in [0.25, 0.3) is 0 Å². The molecule has 5 rings (SSSR count). The summed E-state index contributed by atoms with van der Waals surface area (Å²) in [7, 11) is -3.69. The van der Waals surface area contributed by atoms with Crippen molar-refractivity contribution in [2.45, 2.75) is 56.8 Å². The number of aryl methyl sites for hydroxylation is 2. The first kappa shape index (κ1) is 25.2. The third kappa shape index (κ3) is 4.91. The standard InChI is InChI=1S/C27H32ClN3O4S/c1-18-7-9-24(23(28)16-18)29-26(32)19-11-14-30(15-12-19)36(34,35)22-8-10-25-21(17-22)6-3-13-31(25)27(33)20-4-2-5-20/h7-10,16-17,19-20H,2-6,11-15H2,1H3,(H,29,32). The van der Waals surface area contributed by atoms with Crippen LogP contribution < -0.4 is 10.2 Å². The zero-order chi connectivity index (χ0) is 25.4. The minimum absolute atomic E-state index is 0.111. The number of halogens is 1. The number of sulfonamides is 1. The van der Waals surface area contributed by atoms with Crippen LogP contribution in [0.5, 0.6) is 0 Å². The Balaban J connectivity index is 1.24. The molecule has 0 aromatic heterocycles. The molecular formula is C27H32ClN3O4S. The third-order valence-electron chi connectivity index (χ3n) is 7.73. The molecule has 3 aliphatic rings. The van der Waals surface area contributed by atoms with Crippen LogP contribution in [-0.2, 0) is 26.0 Å². The van der Waals surface area contributed by atoms with Crippen molar-refractivity contribution in [1.29, 1.82) is 0 Å². The zero-order valence-electron chi connectivity index (χ0n) is 20.5. The van der Waals surface area contributed by atoms with Crippen molar-refractivity contribution in [2.75, 3.05) is 29.9 Å². The minimum atomic E-state index is -3.69. The summed E-state index contributed by atoms with van der Waals surface area (Å²) in [4.78, 5) is 27.8. The normalized spacial score (nSPS) is 19.4. The summed E-state index contributed by atoms with van der Waals surface area (Å²) in [5, 5.41) is 3.37. The van der Waals surface area contributed by atoms with Gasteiger partial charge in [0.05, 0.1) is 15.6 Å². The van der Waals surface area contributed by atoms with E-state index in [0.29, 0.717) is 30.1 Å². The predicted octanol–water partition coefficient (Wildman–Crippen LogP) is 4.77. The number of piperidine rings is 1. The number of hydrogen-bond acceptors (Lipinski definition) is 4. The quantitative estimate of drug-likeness (QED) is 0.604. The summed E-state index contributed by atoms with van der Waals surface area (Å²) >= 11 is 6.24. The van der Waals surface area contributed by atoms with Crippen LogP contribution >= 0.6 is 11.6 Å². The van der Waals surface area contributed by atoms with Gasteiger partial charge in [0, 0.05) is 37.2 Å². The van der Waals surface area contributed by atoms with E-state index in [4.69, 9.17) is 11.6 Å². The van der Waals surface area contributed by atoms with E-state index in [9.17, 15) is 18.0 Å². The van der Waals surface area contributed by atoms with Crippen molar-refractivity contribution >= 4 is 44.8 Å². The van der Waals surface area contributed by atoms with Crippen LogP contribution in [0.2, 0.25) is 5.02 Å². The number of nitrogens with zero attached hydrogens (tertiary/aromatic N) is 2. The summed E-state index contributed by atoms with van der Waals surface area (Å²) in [6.45, 7) is 3.19. The Kier molecular flexibility index (Phi) is 7.12. The number of hydrogen-bond donors (Lipinski definition) is 1. The van der Waals surface area contributed by atoms with Gasteiger partial charge in [-0.2, -0.15) is 4.31 Å². The summed E-state index contributed by atoms with van der Waals surface area (Å²) in [5.74, 6) is -0.129. The van der Waals surface area contributed by atoms with E-state index >= 15 is 0 Å². The number of benzene rings is 2. The highest BCUT2D eigenvalue weighted by Crippen LogP contribution is 2.36. The number of nitrogens with one attached hydrogen (secondary N) is 1. The van der Waals surface area contributed by atoms with Crippen molar-refractivity contribution in [3.63, 3.8) is 0 Å². The Morgan fingerprint density at radius 3 is 2.36 bits per heavy atom. The second-order valence-corrected chi connectivity index (χ2v) is 12.5. The lowest BCUT2D eigenvalue weighted by Gasteiger charge is -2.35. The molecule has 0 bridgehead atoms. The Hall–Kier alpha value is -2.42. The Labute approximate surface area is 217 Å². The fourth-order valence-corrected chi connectivity index (χ4v) is 7.11. The molecule has 2 heterocycles. The lowest BCUT2D eigenvalue weighted by atomic mass is 9.83. The molecule has 2 amide bonds. The van der Waals surface area contributed by atoms with Gasteiger partial charge in [0.2, 0.25) is 21.8 Å². The van der Waals surface area contributed by atoms with Gasteiger partial charge in [-0.05, 0) is 86.9 Å². The van der Waals surface area contributed by atoms with Crippen LogP contribution in [0.4, 0.5) is 11.4 Å². The van der Waals surface area contributed by atoms with Crippen LogP contribution in [0.15, 0.2) is 41.3 Å². The van der Waals surface area contributed by atoms with E-state index in [1.54, 1.807) is 30.3 Å². The topological polar surface area (TPSA) is 86.8 Å². The fourth-order valence-electron chi connectivity index (χ4n) is 5.30. The Bertz CT molecular complexity index is 1280. The van der Waals surface area contributed by atoms with Gasteiger partial charge >= 0.3 is 0 Å². The maximum Gasteiger partial charge on any atom is 0.243 e. The monoisotopic (exact) mass is 529 g/mol. The van der Waals surface area contributed by atoms with Gasteiger partial charge in [0.1, 0.15) is 0 Å². The second-order valence-electron chi connectivity index (χ2n) is 10.2. The first-order chi connectivity index (χ1) is 17.2. The van der Waals surface area contributed by atoms with Crippen LogP contribution in [0.25, 0.3) is 0 Å². The number of carbonyl (C=O) groups excluding carboxylic acids is 2. The van der Waals surface area contributed by atoms with Crippen LogP contribution in [0.3, 0.4) is 0 Å². The summed E-state index contributed by atoms with van der Waals surface area (Å²) in [6, 6.07) is 10.6. The van der Waals surface area contributed by atoms with E-state index in [2.05, 4.69) is 5.32 Å². The van der Waals surface area contributed by atoms with Gasteiger partial charge in [-0.15, -0.1) is 0 Å². The molecule has 2 aliphatic heterocycles. The first-order valence-corrected chi connectivity index (χ1v) is 14.6. The molecule has 36 heavy (non-hydrogen) atoms. The van der Waals surface area contributed by atoms with Crippen molar-refractivity contribution < 1.29 is 18.0 Å². The largest absolute Gasteiger partial charge is 0.325 e. The van der Waals surface area contributed by atoms with Crippen molar-refractivity contribution in [3.05, 3.63) is 52.5 Å². The molecule has 2 aromatic rings. The minimum Gasteiger partial charge on any atom is -0.325 e. The number of amides is 2. The third-order valence-corrected chi connectivity index (χ3v) is 9.94. The number of rotatable bonds is 5. The number of carbonyl (C=O) groups is 2. The van der Waals surface area contributed by atoms with E-state index in [1.807, 2.05) is 17.9 Å². The molecule has 192 valence electrons. The molecule has 0 spiro atoms. The highest BCUT2D eigenvalue weighted by molar-refractivity contribution is 7.89. The molecule has 2 aromatic carbocycles. The Morgan fingerprint density at radius 2 is 1.69 bits per heavy atom. The molecule has 0 radical (unpaired) electrons. The van der Waals surface area contributed by atoms with E-state index < -0.39 is 10.0 Å². The van der Waals surface area contributed by atoms with E-state index in [1.165, 1.54) is 4.31 Å². The molecule has 0 atom stereocenters. The maximum absolute atomic E-state index is 13.4. The van der Waals surface area contributed by atoms with Gasteiger partial charge < -0.3 is 10.2 Å². The zero-order valence-corrected chi connectivity index (χ0v) is 22.1. The fraction of sp³-hybridized carbons (Fsp3) is 0.481. The molecular weight excluding hydrogens is 498 g/mol. The number of fused-ring (bicyclic) bond motifs is 1. The summed E-state index contributed by atoms with van der Waals surface area (Å²) in [5.41, 5.74) is 3.35. The highest BCUT2D eigenvalue weighted by Gasteiger charge is 2.35. The smallest absolute Gasteiger partial charge is 0.243 e. The van der Waals surface area contributed by atoms with Gasteiger partial charge in [0.15, 0.2) is 0 Å². The summed E-state index contributed by atoms with van der Waals surface area (Å²) in [6.07, 6.45) is 5.49. The average molecular weight is 530 g/mol. The molecule has 2 fully saturated rings. The molecule has 7 nitrogen and oxygen atoms in total. The molecule has 1 saturated heterocycles. The van der Waals surface area contributed by atoms with Crippen molar-refractivity contribution in [3.8, 4) is 0 Å². The second kappa shape index (κ2) is 10.1. The molecule has 1 N–H and O–H groups in total. The van der Waals surface area contributed by atoms with Crippen LogP contribution in [0.1, 0.15) is 49.7 Å². The van der Waals surface area contributed by atoms with Crippen LogP contribution in [0, 0.1) is 18.8 Å². The highest BCUT2D eigenvalue weighted by atomic mass is 35.5. The van der Waals surface area contributed by atoms with Gasteiger partial charge in [-0.25, -0.2) is 8.42 Å². The Morgan fingerprint density at radius 1 is 0.944 bits per heavy atom. The molecule has 0 unspecified atom stereocenters. The lowest BCUT2D eigenvalue weighted by Crippen LogP contribution is -2.42. The SMILES string of the molecule is Cc1ccc(NC(=O)C2CCN(S(=O)(=O)c3ccc4c(c3)CCCN4C(=O)C3CCC3)CC2)c(Cl)c1. The van der Waals surface area contributed by atoms with Gasteiger partial charge in [-0.3, -0.25) is 9.59 Å². The first-order valence-electron chi connectivity index (χ1n) is 12.8. The van der Waals surface area contributed by atoms with Crippen molar-refractivity contribution in [1.82, 2.24) is 4.31 Å². The van der Waals surface area contributed by atoms with Crippen molar-refractivity contribution in [2.24, 2.45) is 11.8 Å². The predicted molar refractivity (Wildman–Crippen MR) is 141 cm³/mol. The summed E-state index contributed by atoms with van der Waals surface area (Å²) < 4.78 is 28.3. The van der Waals surface area contributed by atoms with Gasteiger partial charge in [-0.1, -0.05) is 24.1 Å². The van der Waals surface area contributed by atoms with E-state index in [-0.39, 0.29) is 41.6 Å². The van der Waals surface area contributed by atoms with E-state index in [0.717, 1.165) is 48.9 Å². The lowest BCUT2D eigenvalue weighted by molar-refractivity contribution is -0.124. The number of anilines is 2. The maximum atomic E-state index is 13.4. The average Bonchev–Trinajstić information content (AvgIpc) is 2.84. The van der Waals surface area contributed by atoms with Crippen LogP contribution in [-0.4, -0.2) is 44.2 Å². The molecule has 1 saturated carbocycles. The molecule has 9 heteroatoms.